The fourth-order valence-electron chi connectivity index (χ4n) is 3.92. The Labute approximate surface area is 179 Å². The Morgan fingerprint density at radius 2 is 2.10 bits per heavy atom. The van der Waals surface area contributed by atoms with Crippen LogP contribution in [-0.2, 0) is 11.3 Å². The summed E-state index contributed by atoms with van der Waals surface area (Å²) in [6.07, 6.45) is 6.09. The topological polar surface area (TPSA) is 110 Å². The van der Waals surface area contributed by atoms with Crippen molar-refractivity contribution in [3.05, 3.63) is 53.9 Å². The average molecular weight is 418 g/mol. The first kappa shape index (κ1) is 20.3. The van der Waals surface area contributed by atoms with E-state index in [-0.39, 0.29) is 23.6 Å². The van der Waals surface area contributed by atoms with Crippen molar-refractivity contribution >= 4 is 41.8 Å². The van der Waals surface area contributed by atoms with Crippen LogP contribution in [0.2, 0.25) is 0 Å². The van der Waals surface area contributed by atoms with Gasteiger partial charge in [0.2, 0.25) is 5.91 Å². The van der Waals surface area contributed by atoms with Crippen LogP contribution < -0.4 is 5.32 Å². The number of aliphatic imine (C=N–C) groups is 2. The average Bonchev–Trinajstić information content (AvgIpc) is 3.04. The van der Waals surface area contributed by atoms with Crippen LogP contribution in [0.15, 0.2) is 47.2 Å². The maximum Gasteiger partial charge on any atom is 0.257 e. The maximum atomic E-state index is 13.2. The highest BCUT2D eigenvalue weighted by Crippen LogP contribution is 2.38. The van der Waals surface area contributed by atoms with Gasteiger partial charge in [0.25, 0.3) is 5.91 Å². The van der Waals surface area contributed by atoms with Gasteiger partial charge in [-0.1, -0.05) is 6.58 Å². The molecule has 3 heterocycles. The van der Waals surface area contributed by atoms with E-state index in [1.165, 1.54) is 18.2 Å². The first-order valence-electron chi connectivity index (χ1n) is 9.69. The Hall–Kier alpha value is -4.01. The van der Waals surface area contributed by atoms with Crippen molar-refractivity contribution in [3.8, 4) is 5.75 Å². The lowest BCUT2D eigenvalue weighted by Crippen LogP contribution is -2.60. The number of pyridine rings is 1. The van der Waals surface area contributed by atoms with Crippen molar-refractivity contribution in [1.82, 2.24) is 14.8 Å². The summed E-state index contributed by atoms with van der Waals surface area (Å²) in [5.41, 5.74) is 3.41. The third-order valence-electron chi connectivity index (χ3n) is 5.45. The Balaban J connectivity index is 1.62. The first-order chi connectivity index (χ1) is 15.0. The molecule has 0 unspecified atom stereocenters. The van der Waals surface area contributed by atoms with E-state index in [4.69, 9.17) is 0 Å². The van der Waals surface area contributed by atoms with Crippen LogP contribution >= 0.6 is 0 Å². The zero-order valence-corrected chi connectivity index (χ0v) is 17.1. The van der Waals surface area contributed by atoms with Gasteiger partial charge in [0.05, 0.1) is 34.9 Å². The molecule has 1 saturated heterocycles. The molecule has 1 fully saturated rings. The van der Waals surface area contributed by atoms with Crippen molar-refractivity contribution in [3.63, 3.8) is 0 Å². The lowest BCUT2D eigenvalue weighted by atomic mass is 10.1. The van der Waals surface area contributed by atoms with E-state index >= 15 is 0 Å². The molecule has 4 rings (SSSR count). The number of rotatable bonds is 6. The van der Waals surface area contributed by atoms with Gasteiger partial charge in [-0.15, -0.1) is 0 Å². The minimum atomic E-state index is -0.135. The Bertz CT molecular complexity index is 1120. The molecule has 31 heavy (non-hydrogen) atoms. The number of carbonyl (C=O) groups excluding carboxylic acids is 2. The second-order valence-electron chi connectivity index (χ2n) is 7.36. The number of hydrogen-bond acceptors (Lipinski definition) is 7. The molecule has 2 aliphatic heterocycles. The summed E-state index contributed by atoms with van der Waals surface area (Å²) >= 11 is 0. The lowest BCUT2D eigenvalue weighted by molar-refractivity contribution is -0.132. The largest absolute Gasteiger partial charge is 0.508 e. The van der Waals surface area contributed by atoms with E-state index in [1.807, 2.05) is 0 Å². The van der Waals surface area contributed by atoms with Gasteiger partial charge in [-0.25, -0.2) is 0 Å². The SMILES string of the molecule is C=CC(=O)N1CC(N2Cc3cncc(Nc4cc(O)cc(C=NC)c4N=C)c3C2=O)C1. The number of carbonyl (C=O) groups is 2. The van der Waals surface area contributed by atoms with Crippen LogP contribution in [0.5, 0.6) is 5.75 Å². The summed E-state index contributed by atoms with van der Waals surface area (Å²) < 4.78 is 0. The van der Waals surface area contributed by atoms with Crippen LogP contribution in [0.1, 0.15) is 21.5 Å². The monoisotopic (exact) mass is 418 g/mol. The van der Waals surface area contributed by atoms with Gasteiger partial charge in [-0.05, 0) is 18.9 Å². The molecule has 0 spiro atoms. The number of phenols is 1. The molecule has 9 nitrogen and oxygen atoms in total. The van der Waals surface area contributed by atoms with Crippen molar-refractivity contribution in [2.75, 3.05) is 25.5 Å². The van der Waals surface area contributed by atoms with E-state index < -0.39 is 0 Å². The van der Waals surface area contributed by atoms with Crippen molar-refractivity contribution < 1.29 is 14.7 Å². The molecular formula is C22H22N6O3. The Morgan fingerprint density at radius 1 is 1.32 bits per heavy atom. The predicted octanol–water partition coefficient (Wildman–Crippen LogP) is 2.26. The summed E-state index contributed by atoms with van der Waals surface area (Å²) in [6, 6.07) is 3.00. The zero-order valence-electron chi connectivity index (χ0n) is 17.1. The first-order valence-corrected chi connectivity index (χ1v) is 9.69. The number of nitrogens with zero attached hydrogens (tertiary/aromatic N) is 5. The molecule has 1 aromatic carbocycles. The highest BCUT2D eigenvalue weighted by molar-refractivity contribution is 6.05. The highest BCUT2D eigenvalue weighted by atomic mass is 16.3. The fourth-order valence-corrected chi connectivity index (χ4v) is 3.92. The van der Waals surface area contributed by atoms with Gasteiger partial charge in [0.1, 0.15) is 5.75 Å². The fraction of sp³-hybridized carbons (Fsp3) is 0.227. The molecule has 0 aliphatic carbocycles. The van der Waals surface area contributed by atoms with Gasteiger partial charge < -0.3 is 20.2 Å². The van der Waals surface area contributed by atoms with Crippen LogP contribution in [0.4, 0.5) is 17.1 Å². The van der Waals surface area contributed by atoms with Crippen molar-refractivity contribution in [1.29, 1.82) is 0 Å². The predicted molar refractivity (Wildman–Crippen MR) is 119 cm³/mol. The summed E-state index contributed by atoms with van der Waals surface area (Å²) in [7, 11) is 1.62. The molecule has 0 saturated carbocycles. The number of likely N-dealkylation sites (tertiary alicyclic amines) is 1. The second-order valence-corrected chi connectivity index (χ2v) is 7.36. The highest BCUT2D eigenvalue weighted by Gasteiger charge is 2.41. The standard InChI is InChI=1S/C22H22N6O3/c1-4-19(30)27-11-15(12-27)28-10-14-8-25-9-18(20(14)22(28)31)26-17-6-16(29)5-13(7-23-2)21(17)24-3/h4-9,15,26,29H,1,3,10-12H2,2H3. The van der Waals surface area contributed by atoms with E-state index in [0.717, 1.165) is 5.56 Å². The van der Waals surface area contributed by atoms with E-state index in [9.17, 15) is 14.7 Å². The number of phenolic OH excluding ortho intramolecular Hbond substituents is 1. The molecule has 0 bridgehead atoms. The minimum absolute atomic E-state index is 0.0275. The minimum Gasteiger partial charge on any atom is -0.508 e. The molecule has 9 heteroatoms. The Kier molecular flexibility index (Phi) is 5.24. The Morgan fingerprint density at radius 3 is 2.77 bits per heavy atom. The molecule has 2 N–H and O–H groups in total. The van der Waals surface area contributed by atoms with Gasteiger partial charge in [0.15, 0.2) is 0 Å². The van der Waals surface area contributed by atoms with Crippen molar-refractivity contribution in [2.45, 2.75) is 12.6 Å². The van der Waals surface area contributed by atoms with Crippen LogP contribution in [0.3, 0.4) is 0 Å². The molecule has 2 aliphatic rings. The maximum absolute atomic E-state index is 13.2. The number of amides is 2. The molecule has 0 atom stereocenters. The van der Waals surface area contributed by atoms with Crippen LogP contribution in [0, 0.1) is 0 Å². The number of aromatic hydroxyl groups is 1. The van der Waals surface area contributed by atoms with E-state index in [2.05, 4.69) is 33.6 Å². The third kappa shape index (κ3) is 3.54. The van der Waals surface area contributed by atoms with Gasteiger partial charge in [0, 0.05) is 56.3 Å². The van der Waals surface area contributed by atoms with Crippen LogP contribution in [-0.4, -0.2) is 70.8 Å². The summed E-state index contributed by atoms with van der Waals surface area (Å²) in [5, 5.41) is 13.3. The quantitative estimate of drug-likeness (QED) is 0.552. The number of nitrogens with one attached hydrogen (secondary N) is 1. The summed E-state index contributed by atoms with van der Waals surface area (Å²) in [5.74, 6) is -0.233. The van der Waals surface area contributed by atoms with Crippen molar-refractivity contribution in [2.24, 2.45) is 9.98 Å². The smallest absolute Gasteiger partial charge is 0.257 e. The van der Waals surface area contributed by atoms with Gasteiger partial charge in [-0.2, -0.15) is 0 Å². The molecule has 2 aromatic rings. The molecule has 158 valence electrons. The molecule has 1 aromatic heterocycles. The summed E-state index contributed by atoms with van der Waals surface area (Å²) in [4.78, 5) is 40.6. The number of anilines is 2. The molecule has 0 radical (unpaired) electrons. The normalized spacial score (nSPS) is 15.7. The summed E-state index contributed by atoms with van der Waals surface area (Å²) in [6.45, 7) is 8.50. The lowest BCUT2D eigenvalue weighted by Gasteiger charge is -2.43. The number of fused-ring (bicyclic) bond motifs is 1. The number of hydrogen-bond donors (Lipinski definition) is 2. The second kappa shape index (κ2) is 8.02. The number of benzene rings is 1. The zero-order chi connectivity index (χ0) is 22.1. The molecule has 2 amide bonds. The van der Waals surface area contributed by atoms with Gasteiger partial charge >= 0.3 is 0 Å². The van der Waals surface area contributed by atoms with E-state index in [1.54, 1.807) is 35.5 Å². The van der Waals surface area contributed by atoms with E-state index in [0.29, 0.717) is 47.8 Å². The van der Waals surface area contributed by atoms with Crippen LogP contribution in [0.25, 0.3) is 0 Å². The van der Waals surface area contributed by atoms with Gasteiger partial charge in [-0.3, -0.25) is 24.6 Å². The number of aromatic nitrogens is 1. The molecular weight excluding hydrogens is 396 g/mol. The third-order valence-corrected chi connectivity index (χ3v) is 5.45.